The SMILES string of the molecule is Cc1ccc2c(n1)N(C)CCN(C(=O)c1cc(C)on1)C2.O=C(O)C(F)(F)F. The number of hydrogen-bond donors (Lipinski definition) is 1. The number of likely N-dealkylation sites (N-methyl/N-ethyl adjacent to an activating group) is 1. The van der Waals surface area contributed by atoms with Crippen molar-refractivity contribution in [1.82, 2.24) is 15.0 Å². The fourth-order valence-corrected chi connectivity index (χ4v) is 2.49. The third-order valence-corrected chi connectivity index (χ3v) is 3.90. The maximum atomic E-state index is 12.5. The number of carboxylic acid groups (broad SMARTS) is 1. The number of anilines is 1. The Labute approximate surface area is 158 Å². The lowest BCUT2D eigenvalue weighted by Gasteiger charge is -2.19. The number of pyridine rings is 1. The average Bonchev–Trinajstić information content (AvgIpc) is 2.97. The molecule has 0 aromatic carbocycles. The van der Waals surface area contributed by atoms with Crippen LogP contribution in [0.3, 0.4) is 0 Å². The second kappa shape index (κ2) is 8.28. The van der Waals surface area contributed by atoms with E-state index in [0.717, 1.165) is 23.6 Å². The lowest BCUT2D eigenvalue weighted by Crippen LogP contribution is -2.34. The van der Waals surface area contributed by atoms with E-state index in [9.17, 15) is 18.0 Å². The van der Waals surface area contributed by atoms with Gasteiger partial charge < -0.3 is 19.4 Å². The number of nitrogens with zero attached hydrogens (tertiary/aromatic N) is 4. The van der Waals surface area contributed by atoms with Crippen molar-refractivity contribution in [3.05, 3.63) is 40.9 Å². The van der Waals surface area contributed by atoms with E-state index in [0.29, 0.717) is 24.5 Å². The largest absolute Gasteiger partial charge is 0.490 e. The van der Waals surface area contributed by atoms with E-state index in [4.69, 9.17) is 14.4 Å². The van der Waals surface area contributed by atoms with Crippen LogP contribution in [0.4, 0.5) is 19.0 Å². The minimum Gasteiger partial charge on any atom is -0.475 e. The number of carbonyl (C=O) groups excluding carboxylic acids is 1. The van der Waals surface area contributed by atoms with Gasteiger partial charge in [0.2, 0.25) is 0 Å². The van der Waals surface area contributed by atoms with Crippen LogP contribution in [0.2, 0.25) is 0 Å². The molecule has 11 heteroatoms. The number of amides is 1. The van der Waals surface area contributed by atoms with Crippen LogP contribution in [0.5, 0.6) is 0 Å². The molecule has 0 fully saturated rings. The van der Waals surface area contributed by atoms with Gasteiger partial charge in [-0.25, -0.2) is 9.78 Å². The highest BCUT2D eigenvalue weighted by atomic mass is 19.4. The molecule has 152 valence electrons. The van der Waals surface area contributed by atoms with E-state index < -0.39 is 12.1 Å². The number of alkyl halides is 3. The highest BCUT2D eigenvalue weighted by molar-refractivity contribution is 5.92. The third kappa shape index (κ3) is 5.21. The number of carboxylic acids is 1. The Morgan fingerprint density at radius 1 is 1.21 bits per heavy atom. The Morgan fingerprint density at radius 3 is 2.39 bits per heavy atom. The summed E-state index contributed by atoms with van der Waals surface area (Å²) in [6.45, 7) is 5.67. The molecule has 1 N–H and O–H groups in total. The molecule has 2 aromatic rings. The number of aliphatic carboxylic acids is 1. The monoisotopic (exact) mass is 400 g/mol. The predicted octanol–water partition coefficient (Wildman–Crippen LogP) is 2.41. The Hall–Kier alpha value is -3.11. The van der Waals surface area contributed by atoms with E-state index in [2.05, 4.69) is 15.0 Å². The standard InChI is InChI=1S/C15H18N4O2.C2HF3O2/c1-10-4-5-12-9-19(7-6-18(3)14(12)16-10)15(20)13-8-11(2)21-17-13;3-2(4,5)1(6)7/h4-5,8H,6-7,9H2,1-3H3;(H,6,7). The Balaban J connectivity index is 0.000000345. The molecule has 2 aromatic heterocycles. The van der Waals surface area contributed by atoms with E-state index in [1.807, 2.05) is 26.1 Å². The van der Waals surface area contributed by atoms with E-state index in [1.54, 1.807) is 17.9 Å². The topological polar surface area (TPSA) is 99.8 Å². The highest BCUT2D eigenvalue weighted by Crippen LogP contribution is 2.23. The van der Waals surface area contributed by atoms with Crippen LogP contribution in [0.15, 0.2) is 22.7 Å². The first-order valence-corrected chi connectivity index (χ1v) is 8.19. The second-order valence-electron chi connectivity index (χ2n) is 6.21. The van der Waals surface area contributed by atoms with Crippen molar-refractivity contribution in [3.63, 3.8) is 0 Å². The zero-order valence-corrected chi connectivity index (χ0v) is 15.4. The summed E-state index contributed by atoms with van der Waals surface area (Å²) < 4.78 is 36.7. The first-order valence-electron chi connectivity index (χ1n) is 8.19. The molecule has 0 saturated heterocycles. The van der Waals surface area contributed by atoms with Gasteiger partial charge in [0.15, 0.2) is 5.69 Å². The molecule has 0 aliphatic carbocycles. The van der Waals surface area contributed by atoms with Gasteiger partial charge in [0.1, 0.15) is 11.6 Å². The summed E-state index contributed by atoms with van der Waals surface area (Å²) in [6.07, 6.45) is -5.08. The van der Waals surface area contributed by atoms with Gasteiger partial charge in [0.25, 0.3) is 5.91 Å². The van der Waals surface area contributed by atoms with Crippen LogP contribution in [0.1, 0.15) is 27.5 Å². The molecule has 0 radical (unpaired) electrons. The summed E-state index contributed by atoms with van der Waals surface area (Å²) in [5.41, 5.74) is 2.39. The molecular weight excluding hydrogens is 381 g/mol. The van der Waals surface area contributed by atoms with Gasteiger partial charge in [-0.05, 0) is 19.9 Å². The van der Waals surface area contributed by atoms with Crippen LogP contribution in [-0.2, 0) is 11.3 Å². The summed E-state index contributed by atoms with van der Waals surface area (Å²) in [7, 11) is 2.00. The molecule has 28 heavy (non-hydrogen) atoms. The summed E-state index contributed by atoms with van der Waals surface area (Å²) in [5.74, 6) is -1.27. The molecule has 0 atom stereocenters. The number of rotatable bonds is 1. The fourth-order valence-electron chi connectivity index (χ4n) is 2.49. The molecule has 3 heterocycles. The van der Waals surface area contributed by atoms with Crippen molar-refractivity contribution < 1.29 is 32.4 Å². The van der Waals surface area contributed by atoms with Crippen LogP contribution < -0.4 is 4.90 Å². The zero-order chi connectivity index (χ0) is 21.1. The normalized spacial score (nSPS) is 13.9. The maximum absolute atomic E-state index is 12.5. The van der Waals surface area contributed by atoms with Crippen LogP contribution in [-0.4, -0.2) is 58.3 Å². The van der Waals surface area contributed by atoms with Gasteiger partial charge in [0, 0.05) is 44.0 Å². The van der Waals surface area contributed by atoms with Crippen LogP contribution >= 0.6 is 0 Å². The molecule has 0 bridgehead atoms. The van der Waals surface area contributed by atoms with Crippen molar-refractivity contribution in [2.45, 2.75) is 26.6 Å². The van der Waals surface area contributed by atoms with Crippen molar-refractivity contribution in [3.8, 4) is 0 Å². The number of hydrogen-bond acceptors (Lipinski definition) is 6. The van der Waals surface area contributed by atoms with Gasteiger partial charge in [-0.2, -0.15) is 13.2 Å². The first-order chi connectivity index (χ1) is 13.0. The average molecular weight is 400 g/mol. The molecular formula is C17H19F3N4O4. The minimum absolute atomic E-state index is 0.103. The van der Waals surface area contributed by atoms with E-state index >= 15 is 0 Å². The fraction of sp³-hybridized carbons (Fsp3) is 0.412. The first kappa shape index (κ1) is 21.2. The van der Waals surface area contributed by atoms with E-state index in [-0.39, 0.29) is 5.91 Å². The van der Waals surface area contributed by atoms with Crippen molar-refractivity contribution >= 4 is 17.7 Å². The quantitative estimate of drug-likeness (QED) is 0.785. The van der Waals surface area contributed by atoms with Crippen molar-refractivity contribution in [2.24, 2.45) is 0 Å². The highest BCUT2D eigenvalue weighted by Gasteiger charge is 2.38. The molecule has 0 spiro atoms. The lowest BCUT2D eigenvalue weighted by atomic mass is 10.2. The summed E-state index contributed by atoms with van der Waals surface area (Å²) in [4.78, 5) is 29.9. The number of aromatic nitrogens is 2. The van der Waals surface area contributed by atoms with E-state index in [1.165, 1.54) is 0 Å². The number of fused-ring (bicyclic) bond motifs is 1. The Bertz CT molecular complexity index is 866. The molecule has 0 saturated carbocycles. The molecule has 1 aliphatic heterocycles. The summed E-state index contributed by atoms with van der Waals surface area (Å²) in [5, 5.41) is 10.9. The zero-order valence-electron chi connectivity index (χ0n) is 15.4. The predicted molar refractivity (Wildman–Crippen MR) is 91.9 cm³/mol. The van der Waals surface area contributed by atoms with Gasteiger partial charge in [-0.1, -0.05) is 11.2 Å². The number of carbonyl (C=O) groups is 2. The maximum Gasteiger partial charge on any atom is 0.490 e. The van der Waals surface area contributed by atoms with Gasteiger partial charge in [0.05, 0.1) is 0 Å². The molecule has 1 aliphatic rings. The molecule has 0 unspecified atom stereocenters. The molecule has 1 amide bonds. The third-order valence-electron chi connectivity index (χ3n) is 3.90. The summed E-state index contributed by atoms with van der Waals surface area (Å²) in [6, 6.07) is 5.68. The van der Waals surface area contributed by atoms with Crippen LogP contribution in [0, 0.1) is 13.8 Å². The summed E-state index contributed by atoms with van der Waals surface area (Å²) >= 11 is 0. The van der Waals surface area contributed by atoms with Gasteiger partial charge in [-0.3, -0.25) is 4.79 Å². The minimum atomic E-state index is -5.08. The van der Waals surface area contributed by atoms with Crippen molar-refractivity contribution in [2.75, 3.05) is 25.0 Å². The second-order valence-corrected chi connectivity index (χ2v) is 6.21. The van der Waals surface area contributed by atoms with Crippen molar-refractivity contribution in [1.29, 1.82) is 0 Å². The Kier molecular flexibility index (Phi) is 6.26. The van der Waals surface area contributed by atoms with Gasteiger partial charge in [-0.15, -0.1) is 0 Å². The number of halogens is 3. The molecule has 8 nitrogen and oxygen atoms in total. The Morgan fingerprint density at radius 2 is 1.86 bits per heavy atom. The molecule has 3 rings (SSSR count). The van der Waals surface area contributed by atoms with Gasteiger partial charge >= 0.3 is 12.1 Å². The smallest absolute Gasteiger partial charge is 0.475 e. The number of aryl methyl sites for hydroxylation is 2. The van der Waals surface area contributed by atoms with Crippen LogP contribution in [0.25, 0.3) is 0 Å². The lowest BCUT2D eigenvalue weighted by molar-refractivity contribution is -0.192.